The minimum absolute atomic E-state index is 0.111. The van der Waals surface area contributed by atoms with Crippen LogP contribution in [0.25, 0.3) is 11.4 Å². The number of benzene rings is 4. The van der Waals surface area contributed by atoms with Gasteiger partial charge in [0.15, 0.2) is 0 Å². The van der Waals surface area contributed by atoms with Crippen molar-refractivity contribution in [2.24, 2.45) is 0 Å². The molecule has 0 radical (unpaired) electrons. The van der Waals surface area contributed by atoms with Gasteiger partial charge in [-0.2, -0.15) is 13.4 Å². The van der Waals surface area contributed by atoms with Gasteiger partial charge in [0, 0.05) is 22.7 Å². The molecule has 0 unspecified atom stereocenters. The summed E-state index contributed by atoms with van der Waals surface area (Å²) in [5, 5.41) is 13.0. The SMILES string of the molecule is COc1ccc(CN(Cc2ccc(OC)cc2)S(=O)(=O)c2c(S(=O)(=O)N(C(=O)OC(C)(C)C)C(C)C)ccc(I)c2-c2nnn(Cc3ccc(OC)cc3)n2)cc1. The normalized spacial score (nSPS) is 12.1. The van der Waals surface area contributed by atoms with E-state index in [2.05, 4.69) is 15.4 Å². The van der Waals surface area contributed by atoms with E-state index >= 15 is 8.42 Å². The zero-order chi connectivity index (χ0) is 41.7. The Labute approximate surface area is 347 Å². The molecule has 4 aromatic carbocycles. The van der Waals surface area contributed by atoms with Crippen LogP contribution in [0.2, 0.25) is 0 Å². The van der Waals surface area contributed by atoms with Gasteiger partial charge in [0.2, 0.25) is 15.8 Å². The Morgan fingerprint density at radius 3 is 1.65 bits per heavy atom. The van der Waals surface area contributed by atoms with E-state index in [1.807, 2.05) is 34.7 Å². The average Bonchev–Trinajstić information content (AvgIpc) is 3.62. The zero-order valence-corrected chi connectivity index (χ0v) is 36.6. The number of amides is 1. The molecule has 0 aliphatic carbocycles. The Kier molecular flexibility index (Phi) is 13.5. The number of carbonyl (C=O) groups excluding carboxylic acids is 1. The lowest BCUT2D eigenvalue weighted by molar-refractivity contribution is 0.0356. The maximum atomic E-state index is 15.5. The standard InChI is InChI=1S/C39H45IN6O9S2/c1-26(2)46(38(47)55-39(3,4)5)56(48,49)34-22-21-33(40)35(37-41-43-45(42-37)25-29-13-19-32(54-8)20-14-29)36(34)57(50,51)44(23-27-9-15-30(52-6)16-10-27)24-28-11-17-31(53-7)18-12-28/h9-22,26H,23-25H2,1-8H3. The quantitative estimate of drug-likeness (QED) is 0.101. The second-order valence-electron chi connectivity index (χ2n) is 14.1. The predicted molar refractivity (Wildman–Crippen MR) is 221 cm³/mol. The van der Waals surface area contributed by atoms with Crippen LogP contribution in [0.1, 0.15) is 51.3 Å². The molecule has 0 aliphatic rings. The predicted octanol–water partition coefficient (Wildman–Crippen LogP) is 6.74. The first kappa shape index (κ1) is 43.3. The first-order chi connectivity index (χ1) is 26.9. The van der Waals surface area contributed by atoms with Crippen molar-refractivity contribution in [1.29, 1.82) is 0 Å². The van der Waals surface area contributed by atoms with Crippen molar-refractivity contribution < 1.29 is 40.6 Å². The molecule has 0 N–H and O–H groups in total. The van der Waals surface area contributed by atoms with Crippen LogP contribution in [0.4, 0.5) is 4.79 Å². The minimum atomic E-state index is -4.96. The molecule has 5 aromatic rings. The van der Waals surface area contributed by atoms with E-state index in [0.29, 0.717) is 36.3 Å². The fourth-order valence-electron chi connectivity index (χ4n) is 5.74. The van der Waals surface area contributed by atoms with Crippen molar-refractivity contribution in [3.8, 4) is 28.6 Å². The molecule has 15 nitrogen and oxygen atoms in total. The van der Waals surface area contributed by atoms with Crippen molar-refractivity contribution in [2.45, 2.75) is 75.7 Å². The van der Waals surface area contributed by atoms with Crippen LogP contribution >= 0.6 is 22.6 Å². The van der Waals surface area contributed by atoms with Crippen molar-refractivity contribution in [2.75, 3.05) is 21.3 Å². The van der Waals surface area contributed by atoms with Crippen molar-refractivity contribution in [1.82, 2.24) is 28.8 Å². The fraction of sp³-hybridized carbons (Fsp3) is 0.333. The number of hydrogen-bond acceptors (Lipinski definition) is 12. The molecule has 0 atom stereocenters. The van der Waals surface area contributed by atoms with Crippen LogP contribution in [0.5, 0.6) is 17.2 Å². The highest BCUT2D eigenvalue weighted by Crippen LogP contribution is 2.39. The molecule has 5 rings (SSSR count). The van der Waals surface area contributed by atoms with Gasteiger partial charge in [0.05, 0.1) is 33.4 Å². The Morgan fingerprint density at radius 1 is 0.737 bits per heavy atom. The highest BCUT2D eigenvalue weighted by Gasteiger charge is 2.42. The third-order valence-corrected chi connectivity index (χ3v) is 13.3. The van der Waals surface area contributed by atoms with Gasteiger partial charge in [-0.25, -0.2) is 21.6 Å². The van der Waals surface area contributed by atoms with Gasteiger partial charge in [-0.3, -0.25) is 0 Å². The van der Waals surface area contributed by atoms with Gasteiger partial charge in [-0.05, 0) is 128 Å². The molecular formula is C39H45IN6O9S2. The van der Waals surface area contributed by atoms with E-state index in [-0.39, 0.29) is 31.0 Å². The third-order valence-electron chi connectivity index (χ3n) is 8.44. The summed E-state index contributed by atoms with van der Waals surface area (Å²) in [7, 11) is -5.19. The van der Waals surface area contributed by atoms with Gasteiger partial charge < -0.3 is 18.9 Å². The number of rotatable bonds is 15. The molecule has 304 valence electrons. The molecule has 0 saturated carbocycles. The highest BCUT2D eigenvalue weighted by atomic mass is 127. The van der Waals surface area contributed by atoms with Gasteiger partial charge in [-0.1, -0.05) is 36.4 Å². The first-order valence-electron chi connectivity index (χ1n) is 17.6. The van der Waals surface area contributed by atoms with E-state index in [1.54, 1.807) is 88.5 Å². The summed E-state index contributed by atoms with van der Waals surface area (Å²) in [5.41, 5.74) is 0.802. The smallest absolute Gasteiger partial charge is 0.424 e. The molecule has 0 saturated heterocycles. The van der Waals surface area contributed by atoms with Gasteiger partial charge >= 0.3 is 6.09 Å². The van der Waals surface area contributed by atoms with Crippen molar-refractivity contribution in [3.63, 3.8) is 0 Å². The molecule has 57 heavy (non-hydrogen) atoms. The summed E-state index contributed by atoms with van der Waals surface area (Å²) < 4.78 is 84.3. The van der Waals surface area contributed by atoms with Crippen molar-refractivity contribution >= 4 is 48.7 Å². The van der Waals surface area contributed by atoms with E-state index in [9.17, 15) is 13.2 Å². The van der Waals surface area contributed by atoms with Crippen LogP contribution in [-0.2, 0) is 44.4 Å². The lowest BCUT2D eigenvalue weighted by Gasteiger charge is -2.31. The van der Waals surface area contributed by atoms with Crippen molar-refractivity contribution in [3.05, 3.63) is 105 Å². The largest absolute Gasteiger partial charge is 0.497 e. The second kappa shape index (κ2) is 17.8. The number of halogens is 1. The molecule has 18 heteroatoms. The number of sulfonamides is 2. The molecule has 1 heterocycles. The highest BCUT2D eigenvalue weighted by molar-refractivity contribution is 14.1. The van der Waals surface area contributed by atoms with Crippen LogP contribution in [0.3, 0.4) is 0 Å². The van der Waals surface area contributed by atoms with Crippen LogP contribution in [0.15, 0.2) is 94.7 Å². The number of aromatic nitrogens is 4. The van der Waals surface area contributed by atoms with E-state index in [1.165, 1.54) is 49.3 Å². The molecule has 0 fully saturated rings. The maximum absolute atomic E-state index is 15.5. The lowest BCUT2D eigenvalue weighted by Crippen LogP contribution is -2.45. The number of carbonyl (C=O) groups is 1. The molecule has 0 aliphatic heterocycles. The summed E-state index contributed by atoms with van der Waals surface area (Å²) >= 11 is 1.92. The van der Waals surface area contributed by atoms with E-state index in [4.69, 9.17) is 18.9 Å². The fourth-order valence-corrected chi connectivity index (χ4v) is 10.5. The number of nitrogens with zero attached hydrogens (tertiary/aromatic N) is 6. The molecule has 1 aromatic heterocycles. The number of hydrogen-bond donors (Lipinski definition) is 0. The molecule has 1 amide bonds. The average molecular weight is 933 g/mol. The monoisotopic (exact) mass is 932 g/mol. The summed E-state index contributed by atoms with van der Waals surface area (Å²) in [6.07, 6.45) is -1.17. The maximum Gasteiger partial charge on any atom is 0.424 e. The van der Waals surface area contributed by atoms with Gasteiger partial charge in [-0.15, -0.1) is 10.2 Å². The summed E-state index contributed by atoms with van der Waals surface area (Å²) in [6, 6.07) is 22.5. The topological polar surface area (TPSA) is 172 Å². The minimum Gasteiger partial charge on any atom is -0.497 e. The summed E-state index contributed by atoms with van der Waals surface area (Å²) in [6.45, 7) is 7.60. The van der Waals surface area contributed by atoms with Gasteiger partial charge in [0.25, 0.3) is 10.0 Å². The summed E-state index contributed by atoms with van der Waals surface area (Å²) in [4.78, 5) is 13.6. The summed E-state index contributed by atoms with van der Waals surface area (Å²) in [5.74, 6) is 1.64. The first-order valence-corrected chi connectivity index (χ1v) is 21.6. The van der Waals surface area contributed by atoms with Crippen LogP contribution < -0.4 is 14.2 Å². The Balaban J connectivity index is 1.76. The lowest BCUT2D eigenvalue weighted by atomic mass is 10.2. The second-order valence-corrected chi connectivity index (χ2v) is 18.9. The number of methoxy groups -OCH3 is 3. The molecule has 0 bridgehead atoms. The third kappa shape index (κ3) is 10.2. The van der Waals surface area contributed by atoms with Crippen LogP contribution in [0, 0.1) is 3.57 Å². The Morgan fingerprint density at radius 2 is 1.21 bits per heavy atom. The number of ether oxygens (including phenoxy) is 4. The zero-order valence-electron chi connectivity index (χ0n) is 32.8. The Hall–Kier alpha value is -4.79. The van der Waals surface area contributed by atoms with Crippen LogP contribution in [-0.4, -0.2) is 84.7 Å². The van der Waals surface area contributed by atoms with Gasteiger partial charge in [0.1, 0.15) is 32.6 Å². The van der Waals surface area contributed by atoms with E-state index < -0.39 is 47.6 Å². The Bertz CT molecular complexity index is 2350. The molecular weight excluding hydrogens is 887 g/mol. The number of tetrazole rings is 1. The van der Waals surface area contributed by atoms with E-state index in [0.717, 1.165) is 5.56 Å². The molecule has 0 spiro atoms.